The number of nitrogens with one attached hydrogen (secondary N) is 1. The highest BCUT2D eigenvalue weighted by Gasteiger charge is 2.21. The fourth-order valence-corrected chi connectivity index (χ4v) is 3.56. The molecule has 0 bridgehead atoms. The second kappa shape index (κ2) is 9.90. The van der Waals surface area contributed by atoms with Crippen LogP contribution in [-0.2, 0) is 4.74 Å². The van der Waals surface area contributed by atoms with Gasteiger partial charge >= 0.3 is 0 Å². The van der Waals surface area contributed by atoms with Crippen molar-refractivity contribution in [3.63, 3.8) is 0 Å². The maximum absolute atomic E-state index is 12.5. The smallest absolute Gasteiger partial charge is 0.200 e. The van der Waals surface area contributed by atoms with E-state index in [-0.39, 0.29) is 11.2 Å². The van der Waals surface area contributed by atoms with E-state index in [9.17, 15) is 13.6 Å². The van der Waals surface area contributed by atoms with E-state index >= 15 is 0 Å². The summed E-state index contributed by atoms with van der Waals surface area (Å²) in [6, 6.07) is 5.52. The van der Waals surface area contributed by atoms with Gasteiger partial charge in [-0.15, -0.1) is 11.8 Å². The van der Waals surface area contributed by atoms with Crippen molar-refractivity contribution in [3.05, 3.63) is 57.5 Å². The standard InChI is InChI=1S/C13H19NO2S.C7H6F2O/c1-8-4-5-10(7-16-8)11-6-12(15)13(17-3)9(2)14-11;1-10-6-4-2-3-5(8)7(6)9/h6,8,10H,4-5,7H2,1-3H3,(H,14,15);2-4H,1H3. The predicted molar refractivity (Wildman–Crippen MR) is 104 cm³/mol. The number of aromatic amines is 1. The van der Waals surface area contributed by atoms with Crippen molar-refractivity contribution in [1.29, 1.82) is 0 Å². The Bertz CT molecular complexity index is 817. The molecular weight excluding hydrogens is 372 g/mol. The van der Waals surface area contributed by atoms with E-state index < -0.39 is 11.6 Å². The van der Waals surface area contributed by atoms with Gasteiger partial charge in [0, 0.05) is 23.4 Å². The summed E-state index contributed by atoms with van der Waals surface area (Å²) in [5.41, 5.74) is 2.12. The SMILES string of the molecule is COc1cccc(F)c1F.CSc1c(C)[nH]c(C2CCC(C)OC2)cc1=O. The van der Waals surface area contributed by atoms with Crippen molar-refractivity contribution >= 4 is 11.8 Å². The van der Waals surface area contributed by atoms with Gasteiger partial charge in [0.1, 0.15) is 0 Å². The zero-order valence-electron chi connectivity index (χ0n) is 16.0. The molecule has 1 aliphatic heterocycles. The summed E-state index contributed by atoms with van der Waals surface area (Å²) in [6.07, 6.45) is 4.44. The summed E-state index contributed by atoms with van der Waals surface area (Å²) >= 11 is 1.50. The first-order valence-electron chi connectivity index (χ1n) is 8.74. The lowest BCUT2D eigenvalue weighted by molar-refractivity contribution is 0.0146. The maximum atomic E-state index is 12.5. The van der Waals surface area contributed by atoms with Crippen LogP contribution in [0, 0.1) is 18.6 Å². The van der Waals surface area contributed by atoms with Crippen LogP contribution in [0.15, 0.2) is 34.0 Å². The summed E-state index contributed by atoms with van der Waals surface area (Å²) in [5, 5.41) is 0. The van der Waals surface area contributed by atoms with Crippen molar-refractivity contribution < 1.29 is 18.3 Å². The molecule has 1 fully saturated rings. The summed E-state index contributed by atoms with van der Waals surface area (Å²) in [4.78, 5) is 16.1. The minimum atomic E-state index is -0.940. The number of hydrogen-bond donors (Lipinski definition) is 1. The van der Waals surface area contributed by atoms with Crippen molar-refractivity contribution in [2.45, 2.75) is 43.6 Å². The van der Waals surface area contributed by atoms with E-state index in [0.29, 0.717) is 12.0 Å². The third-order valence-electron chi connectivity index (χ3n) is 4.47. The van der Waals surface area contributed by atoms with Crippen LogP contribution in [0.1, 0.15) is 37.1 Å². The molecule has 2 aromatic rings. The molecule has 2 unspecified atom stereocenters. The van der Waals surface area contributed by atoms with E-state index in [4.69, 9.17) is 4.74 Å². The van der Waals surface area contributed by atoms with Crippen molar-refractivity contribution in [3.8, 4) is 5.75 Å². The molecule has 1 aliphatic rings. The lowest BCUT2D eigenvalue weighted by Gasteiger charge is -2.27. The van der Waals surface area contributed by atoms with Crippen LogP contribution in [0.4, 0.5) is 8.78 Å². The van der Waals surface area contributed by atoms with Gasteiger partial charge < -0.3 is 14.5 Å². The van der Waals surface area contributed by atoms with Crippen LogP contribution >= 0.6 is 11.8 Å². The molecule has 0 aliphatic carbocycles. The third kappa shape index (κ3) is 5.56. The predicted octanol–water partition coefficient (Wildman–Crippen LogP) is 4.66. The molecule has 3 rings (SSSR count). The average molecular weight is 397 g/mol. The van der Waals surface area contributed by atoms with E-state index in [1.807, 2.05) is 13.2 Å². The minimum absolute atomic E-state index is 0.0694. The molecule has 2 heterocycles. The number of rotatable bonds is 3. The lowest BCUT2D eigenvalue weighted by atomic mass is 9.95. The number of methoxy groups -OCH3 is 1. The highest BCUT2D eigenvalue weighted by Crippen LogP contribution is 2.27. The van der Waals surface area contributed by atoms with Crippen LogP contribution in [0.2, 0.25) is 0 Å². The molecule has 0 saturated carbocycles. The molecule has 4 nitrogen and oxygen atoms in total. The van der Waals surface area contributed by atoms with E-state index in [2.05, 4.69) is 16.6 Å². The summed E-state index contributed by atoms with van der Waals surface area (Å²) in [5.74, 6) is -1.56. The molecule has 7 heteroatoms. The molecule has 1 aromatic heterocycles. The topological polar surface area (TPSA) is 51.3 Å². The van der Waals surface area contributed by atoms with E-state index in [1.54, 1.807) is 6.07 Å². The van der Waals surface area contributed by atoms with Crippen LogP contribution < -0.4 is 10.2 Å². The van der Waals surface area contributed by atoms with Gasteiger partial charge in [-0.25, -0.2) is 4.39 Å². The number of pyridine rings is 1. The van der Waals surface area contributed by atoms with Crippen LogP contribution in [0.25, 0.3) is 0 Å². The molecule has 1 aromatic carbocycles. The minimum Gasteiger partial charge on any atom is -0.494 e. The van der Waals surface area contributed by atoms with Gasteiger partial charge in [0.25, 0.3) is 0 Å². The maximum Gasteiger partial charge on any atom is 0.200 e. The second-order valence-corrected chi connectivity index (χ2v) is 7.24. The van der Waals surface area contributed by atoms with Gasteiger partial charge in [-0.05, 0) is 45.1 Å². The van der Waals surface area contributed by atoms with Crippen LogP contribution in [0.5, 0.6) is 5.75 Å². The highest BCUT2D eigenvalue weighted by molar-refractivity contribution is 7.98. The fourth-order valence-electron chi connectivity index (χ4n) is 2.94. The molecule has 0 radical (unpaired) electrons. The Morgan fingerprint density at radius 1 is 1.30 bits per heavy atom. The van der Waals surface area contributed by atoms with E-state index in [0.717, 1.165) is 41.8 Å². The summed E-state index contributed by atoms with van der Waals surface area (Å²) in [7, 11) is 1.29. The third-order valence-corrected chi connectivity index (χ3v) is 5.38. The van der Waals surface area contributed by atoms with Gasteiger partial charge in [0.15, 0.2) is 17.0 Å². The fraction of sp³-hybridized carbons (Fsp3) is 0.450. The van der Waals surface area contributed by atoms with Crippen molar-refractivity contribution in [2.24, 2.45) is 0 Å². The van der Waals surface area contributed by atoms with Gasteiger partial charge in [0.2, 0.25) is 5.82 Å². The van der Waals surface area contributed by atoms with Gasteiger partial charge in [-0.3, -0.25) is 4.79 Å². The monoisotopic (exact) mass is 397 g/mol. The van der Waals surface area contributed by atoms with Gasteiger partial charge in [0.05, 0.1) is 24.7 Å². The molecule has 1 N–H and O–H groups in total. The first-order valence-corrected chi connectivity index (χ1v) is 9.97. The number of thioether (sulfide) groups is 1. The number of H-pyrrole nitrogens is 1. The number of halogens is 2. The molecule has 1 saturated heterocycles. The van der Waals surface area contributed by atoms with Crippen LogP contribution in [0.3, 0.4) is 0 Å². The summed E-state index contributed by atoms with van der Waals surface area (Å²) < 4.78 is 35.0. The Kier molecular flexibility index (Phi) is 7.86. The Morgan fingerprint density at radius 3 is 2.56 bits per heavy atom. The largest absolute Gasteiger partial charge is 0.494 e. The van der Waals surface area contributed by atoms with Crippen LogP contribution in [-0.4, -0.2) is 31.1 Å². The molecule has 0 spiro atoms. The quantitative estimate of drug-likeness (QED) is 0.766. The Hall–Kier alpha value is -1.86. The molecule has 0 amide bonds. The number of aryl methyl sites for hydroxylation is 1. The average Bonchev–Trinajstić information content (AvgIpc) is 2.65. The summed E-state index contributed by atoms with van der Waals surface area (Å²) in [6.45, 7) is 4.78. The molecule has 27 heavy (non-hydrogen) atoms. The number of benzene rings is 1. The number of ether oxygens (including phenoxy) is 2. The van der Waals surface area contributed by atoms with Crippen molar-refractivity contribution in [1.82, 2.24) is 4.98 Å². The molecule has 148 valence electrons. The van der Waals surface area contributed by atoms with Gasteiger partial charge in [-0.1, -0.05) is 6.07 Å². The molecular formula is C20H25F2NO3S. The zero-order chi connectivity index (χ0) is 20.0. The zero-order valence-corrected chi connectivity index (χ0v) is 16.8. The van der Waals surface area contributed by atoms with Crippen molar-refractivity contribution in [2.75, 3.05) is 20.0 Å². The first kappa shape index (κ1) is 21.4. The normalized spacial score (nSPS) is 19.2. The highest BCUT2D eigenvalue weighted by atomic mass is 32.2. The first-order chi connectivity index (χ1) is 12.9. The number of aromatic nitrogens is 1. The Morgan fingerprint density at radius 2 is 2.04 bits per heavy atom. The van der Waals surface area contributed by atoms with E-state index in [1.165, 1.54) is 31.0 Å². The Balaban J connectivity index is 0.000000223. The van der Waals surface area contributed by atoms with Gasteiger partial charge in [-0.2, -0.15) is 4.39 Å². The Labute approximate surface area is 162 Å². The lowest BCUT2D eigenvalue weighted by Crippen LogP contribution is -2.24. The second-order valence-electron chi connectivity index (χ2n) is 6.42. The number of hydrogen-bond acceptors (Lipinski definition) is 4. The molecule has 2 atom stereocenters.